The smallest absolute Gasteiger partial charge is 0.241 e. The van der Waals surface area contributed by atoms with Gasteiger partial charge in [-0.05, 0) is 38.0 Å². The zero-order valence-corrected chi connectivity index (χ0v) is 21.6. The number of hydrogen-bond donors (Lipinski definition) is 4. The number of guanidine groups is 1. The average molecular weight is 561 g/mol. The van der Waals surface area contributed by atoms with E-state index in [1.54, 1.807) is 31.3 Å². The van der Waals surface area contributed by atoms with Gasteiger partial charge in [0.2, 0.25) is 10.0 Å². The van der Waals surface area contributed by atoms with Gasteiger partial charge >= 0.3 is 0 Å². The van der Waals surface area contributed by atoms with Gasteiger partial charge in [-0.2, -0.15) is 0 Å². The molecular weight excluding hydrogens is 527 g/mol. The molecule has 0 fully saturated rings. The predicted molar refractivity (Wildman–Crippen MR) is 136 cm³/mol. The molecule has 7 nitrogen and oxygen atoms in total. The Kier molecular flexibility index (Phi) is 10.9. The van der Waals surface area contributed by atoms with Crippen LogP contribution < -0.4 is 15.4 Å². The highest BCUT2D eigenvalue weighted by atomic mass is 127. The normalized spacial score (nSPS) is 13.3. The largest absolute Gasteiger partial charge is 0.396 e. The summed E-state index contributed by atoms with van der Waals surface area (Å²) >= 11 is 0. The fourth-order valence-corrected chi connectivity index (χ4v) is 4.66. The van der Waals surface area contributed by atoms with Crippen LogP contribution in [0.3, 0.4) is 0 Å². The fourth-order valence-electron chi connectivity index (χ4n) is 3.00. The lowest BCUT2D eigenvalue weighted by Gasteiger charge is -2.22. The van der Waals surface area contributed by atoms with Crippen LogP contribution in [0.25, 0.3) is 0 Å². The third-order valence-corrected chi connectivity index (χ3v) is 6.24. The van der Waals surface area contributed by atoms with Crippen molar-refractivity contribution < 1.29 is 13.5 Å². The lowest BCUT2D eigenvalue weighted by molar-refractivity contribution is 0.265. The molecule has 31 heavy (non-hydrogen) atoms. The Bertz CT molecular complexity index is 945. The van der Waals surface area contributed by atoms with Crippen LogP contribution in [-0.2, 0) is 16.6 Å². The zero-order valence-electron chi connectivity index (χ0n) is 18.4. The second kappa shape index (κ2) is 12.4. The maximum atomic E-state index is 12.8. The molecule has 9 heteroatoms. The lowest BCUT2D eigenvalue weighted by atomic mass is 10.0. The quantitative estimate of drug-likeness (QED) is 0.226. The van der Waals surface area contributed by atoms with Crippen LogP contribution in [-0.4, -0.2) is 45.2 Å². The van der Waals surface area contributed by atoms with E-state index in [0.717, 1.165) is 5.56 Å². The number of nitrogens with one attached hydrogen (secondary N) is 3. The Morgan fingerprint density at radius 2 is 1.65 bits per heavy atom. The standard InChI is InChI=1S/C22H32N4O3S.HI/c1-22(2,3)26-30(28,29)20-13-9-8-12-18(20)14-24-21(23-4)25-15-19(16-27)17-10-6-5-7-11-17;/h5-13,19,26-27H,14-16H2,1-4H3,(H2,23,24,25);1H. The van der Waals surface area contributed by atoms with Gasteiger partial charge in [0, 0.05) is 31.6 Å². The van der Waals surface area contributed by atoms with Crippen molar-refractivity contribution in [3.8, 4) is 0 Å². The first-order chi connectivity index (χ1) is 14.2. The highest BCUT2D eigenvalue weighted by Crippen LogP contribution is 2.18. The summed E-state index contributed by atoms with van der Waals surface area (Å²) in [7, 11) is -2.00. The van der Waals surface area contributed by atoms with Crippen LogP contribution in [0.5, 0.6) is 0 Å². The number of benzene rings is 2. The van der Waals surface area contributed by atoms with E-state index in [0.29, 0.717) is 18.1 Å². The molecule has 0 aliphatic carbocycles. The van der Waals surface area contributed by atoms with Crippen molar-refractivity contribution in [2.24, 2.45) is 4.99 Å². The second-order valence-electron chi connectivity index (χ2n) is 8.06. The van der Waals surface area contributed by atoms with Crippen LogP contribution >= 0.6 is 24.0 Å². The number of sulfonamides is 1. The van der Waals surface area contributed by atoms with Crippen molar-refractivity contribution in [3.63, 3.8) is 0 Å². The molecule has 172 valence electrons. The number of aliphatic hydroxyl groups excluding tert-OH is 1. The number of rotatable bonds is 8. The number of hydrogen-bond acceptors (Lipinski definition) is 4. The molecule has 0 bridgehead atoms. The number of aliphatic hydroxyl groups is 1. The molecule has 4 N–H and O–H groups in total. The van der Waals surface area contributed by atoms with E-state index in [4.69, 9.17) is 0 Å². The van der Waals surface area contributed by atoms with Gasteiger partial charge in [0.15, 0.2) is 5.96 Å². The maximum absolute atomic E-state index is 12.8. The van der Waals surface area contributed by atoms with Crippen molar-refractivity contribution in [2.45, 2.75) is 43.7 Å². The molecule has 2 rings (SSSR count). The van der Waals surface area contributed by atoms with Gasteiger partial charge in [0.1, 0.15) is 0 Å². The van der Waals surface area contributed by atoms with Gasteiger partial charge < -0.3 is 15.7 Å². The summed E-state index contributed by atoms with van der Waals surface area (Å²) in [5.74, 6) is 0.453. The number of nitrogens with zero attached hydrogens (tertiary/aromatic N) is 1. The minimum atomic E-state index is -3.65. The summed E-state index contributed by atoms with van der Waals surface area (Å²) in [6, 6.07) is 16.6. The molecule has 0 heterocycles. The average Bonchev–Trinajstić information content (AvgIpc) is 2.70. The monoisotopic (exact) mass is 560 g/mol. The van der Waals surface area contributed by atoms with Gasteiger partial charge in [0.25, 0.3) is 0 Å². The van der Waals surface area contributed by atoms with Crippen LogP contribution in [0.2, 0.25) is 0 Å². The van der Waals surface area contributed by atoms with E-state index in [9.17, 15) is 13.5 Å². The van der Waals surface area contributed by atoms with Crippen LogP contribution in [0.1, 0.15) is 37.8 Å². The van der Waals surface area contributed by atoms with Crippen molar-refractivity contribution in [2.75, 3.05) is 20.2 Å². The molecule has 2 aromatic carbocycles. The van der Waals surface area contributed by atoms with E-state index in [1.165, 1.54) is 0 Å². The molecule has 0 aliphatic heterocycles. The molecule has 0 saturated heterocycles. The van der Waals surface area contributed by atoms with Crippen LogP contribution in [0.15, 0.2) is 64.5 Å². The molecule has 0 saturated carbocycles. The van der Waals surface area contributed by atoms with E-state index in [2.05, 4.69) is 20.3 Å². The molecule has 1 atom stereocenters. The molecule has 1 unspecified atom stereocenters. The third-order valence-electron chi connectivity index (χ3n) is 4.38. The predicted octanol–water partition coefficient (Wildman–Crippen LogP) is 2.82. The van der Waals surface area contributed by atoms with Gasteiger partial charge in [-0.15, -0.1) is 24.0 Å². The van der Waals surface area contributed by atoms with E-state index in [-0.39, 0.29) is 47.9 Å². The first kappa shape index (κ1) is 27.3. The highest BCUT2D eigenvalue weighted by molar-refractivity contribution is 14.0. The molecule has 0 aliphatic rings. The summed E-state index contributed by atoms with van der Waals surface area (Å²) < 4.78 is 28.3. The summed E-state index contributed by atoms with van der Waals surface area (Å²) in [6.07, 6.45) is 0. The molecule has 0 radical (unpaired) electrons. The number of aliphatic imine (C=N–C) groups is 1. The van der Waals surface area contributed by atoms with Gasteiger partial charge in [-0.3, -0.25) is 4.99 Å². The molecule has 2 aromatic rings. The van der Waals surface area contributed by atoms with Gasteiger partial charge in [0.05, 0.1) is 11.5 Å². The summed E-state index contributed by atoms with van der Waals surface area (Å²) in [6.45, 7) is 6.21. The highest BCUT2D eigenvalue weighted by Gasteiger charge is 2.24. The van der Waals surface area contributed by atoms with E-state index < -0.39 is 15.6 Å². The first-order valence-corrected chi connectivity index (χ1v) is 11.4. The topological polar surface area (TPSA) is 103 Å². The Balaban J connectivity index is 0.00000480. The van der Waals surface area contributed by atoms with Crippen molar-refractivity contribution in [1.29, 1.82) is 0 Å². The maximum Gasteiger partial charge on any atom is 0.241 e. The summed E-state index contributed by atoms with van der Waals surface area (Å²) in [5.41, 5.74) is 1.10. The first-order valence-electron chi connectivity index (χ1n) is 9.88. The second-order valence-corrected chi connectivity index (χ2v) is 9.71. The summed E-state index contributed by atoms with van der Waals surface area (Å²) in [5, 5.41) is 16.1. The van der Waals surface area contributed by atoms with Crippen molar-refractivity contribution >= 4 is 40.0 Å². The Labute approximate surface area is 202 Å². The SMILES string of the molecule is CN=C(NCc1ccccc1S(=O)(=O)NC(C)(C)C)NCC(CO)c1ccccc1.I. The van der Waals surface area contributed by atoms with Gasteiger partial charge in [-0.1, -0.05) is 48.5 Å². The van der Waals surface area contributed by atoms with E-state index in [1.807, 2.05) is 51.1 Å². The van der Waals surface area contributed by atoms with Crippen LogP contribution in [0, 0.1) is 0 Å². The van der Waals surface area contributed by atoms with Crippen molar-refractivity contribution in [1.82, 2.24) is 15.4 Å². The Morgan fingerprint density at radius 3 is 2.23 bits per heavy atom. The van der Waals surface area contributed by atoms with Crippen molar-refractivity contribution in [3.05, 3.63) is 65.7 Å². The van der Waals surface area contributed by atoms with Crippen LogP contribution in [0.4, 0.5) is 0 Å². The lowest BCUT2D eigenvalue weighted by Crippen LogP contribution is -2.42. The van der Waals surface area contributed by atoms with E-state index >= 15 is 0 Å². The molecule has 0 amide bonds. The van der Waals surface area contributed by atoms with Gasteiger partial charge in [-0.25, -0.2) is 13.1 Å². The molecular formula is C22H33IN4O3S. The summed E-state index contributed by atoms with van der Waals surface area (Å²) in [4.78, 5) is 4.44. The minimum Gasteiger partial charge on any atom is -0.396 e. The molecule has 0 aromatic heterocycles. The third kappa shape index (κ3) is 8.76. The Hall–Kier alpha value is -1.69. The Morgan fingerprint density at radius 1 is 1.03 bits per heavy atom. The minimum absolute atomic E-state index is 0. The fraction of sp³-hybridized carbons (Fsp3) is 0.409. The zero-order chi connectivity index (χ0) is 22.2. The molecule has 0 spiro atoms. The number of halogens is 1.